The molecule has 1 aromatic carbocycles. The quantitative estimate of drug-likeness (QED) is 0.562. The number of ketones is 1. The van der Waals surface area contributed by atoms with Crippen LogP contribution in [0, 0.1) is 0 Å². The van der Waals surface area contributed by atoms with E-state index in [-0.39, 0.29) is 11.9 Å². The maximum Gasteiger partial charge on any atom is 0.136 e. The molecule has 80 valence electrons. The maximum absolute atomic E-state index is 11.5. The molecule has 0 amide bonds. The summed E-state index contributed by atoms with van der Waals surface area (Å²) in [7, 11) is 1.64. The average molecular weight is 205 g/mol. The number of aryl methyl sites for hydroxylation is 1. The van der Waals surface area contributed by atoms with Gasteiger partial charge in [-0.05, 0) is 29.7 Å². The Bertz CT molecular complexity index is 387. The first-order valence-corrected chi connectivity index (χ1v) is 5.13. The molecule has 15 heavy (non-hydrogen) atoms. The zero-order chi connectivity index (χ0) is 10.8. The Morgan fingerprint density at radius 2 is 2.20 bits per heavy atom. The molecular formula is C12H15NO2. The highest BCUT2D eigenvalue weighted by molar-refractivity contribution is 5.80. The predicted octanol–water partition coefficient (Wildman–Crippen LogP) is 1.86. The number of benzene rings is 1. The van der Waals surface area contributed by atoms with Crippen LogP contribution in [0.4, 0.5) is 5.69 Å². The van der Waals surface area contributed by atoms with E-state index in [4.69, 9.17) is 10.5 Å². The van der Waals surface area contributed by atoms with Gasteiger partial charge in [-0.25, -0.2) is 0 Å². The summed E-state index contributed by atoms with van der Waals surface area (Å²) in [4.78, 5) is 11.5. The molecule has 0 bridgehead atoms. The van der Waals surface area contributed by atoms with Crippen LogP contribution in [0.5, 0.6) is 0 Å². The fourth-order valence-corrected chi connectivity index (χ4v) is 2.04. The molecule has 0 aliphatic heterocycles. The molecule has 3 nitrogen and oxygen atoms in total. The van der Waals surface area contributed by atoms with Crippen molar-refractivity contribution in [3.63, 3.8) is 0 Å². The van der Waals surface area contributed by atoms with Crippen molar-refractivity contribution in [2.24, 2.45) is 0 Å². The van der Waals surface area contributed by atoms with E-state index in [1.165, 1.54) is 5.56 Å². The van der Waals surface area contributed by atoms with Crippen LogP contribution in [-0.4, -0.2) is 12.9 Å². The number of methoxy groups -OCH3 is 1. The van der Waals surface area contributed by atoms with E-state index in [9.17, 15) is 4.79 Å². The molecule has 1 aliphatic rings. The van der Waals surface area contributed by atoms with Gasteiger partial charge in [-0.15, -0.1) is 0 Å². The Labute approximate surface area is 89.2 Å². The van der Waals surface area contributed by atoms with Crippen LogP contribution in [0.15, 0.2) is 18.2 Å². The summed E-state index contributed by atoms with van der Waals surface area (Å²) in [5, 5.41) is 0. The standard InChI is InChI=1S/C12H15NO2/c1-15-12-7-10(14)5-3-8-2-4-9(13)6-11(8)12/h2,4,6,12H,3,5,7,13H2,1H3. The fraction of sp³-hybridized carbons (Fsp3) is 0.417. The lowest BCUT2D eigenvalue weighted by Gasteiger charge is -2.15. The molecular weight excluding hydrogens is 190 g/mol. The normalized spacial score (nSPS) is 20.9. The molecule has 2 rings (SSSR count). The Balaban J connectivity index is 2.43. The summed E-state index contributed by atoms with van der Waals surface area (Å²) in [6, 6.07) is 5.79. The van der Waals surface area contributed by atoms with Crippen LogP contribution in [0.1, 0.15) is 30.1 Å². The molecule has 0 saturated heterocycles. The lowest BCUT2D eigenvalue weighted by molar-refractivity contribution is -0.121. The number of hydrogen-bond acceptors (Lipinski definition) is 3. The Morgan fingerprint density at radius 1 is 1.40 bits per heavy atom. The lowest BCUT2D eigenvalue weighted by Crippen LogP contribution is -2.06. The van der Waals surface area contributed by atoms with Crippen molar-refractivity contribution >= 4 is 11.5 Å². The number of carbonyl (C=O) groups excluding carboxylic acids is 1. The third-order valence-corrected chi connectivity index (χ3v) is 2.89. The zero-order valence-electron chi connectivity index (χ0n) is 8.82. The highest BCUT2D eigenvalue weighted by atomic mass is 16.5. The van der Waals surface area contributed by atoms with E-state index in [1.54, 1.807) is 7.11 Å². The van der Waals surface area contributed by atoms with Gasteiger partial charge in [0.05, 0.1) is 6.10 Å². The third kappa shape index (κ3) is 2.02. The summed E-state index contributed by atoms with van der Waals surface area (Å²) in [6.45, 7) is 0. The van der Waals surface area contributed by atoms with Gasteiger partial charge < -0.3 is 10.5 Å². The van der Waals surface area contributed by atoms with Crippen molar-refractivity contribution in [3.8, 4) is 0 Å². The first kappa shape index (κ1) is 10.2. The predicted molar refractivity (Wildman–Crippen MR) is 58.5 cm³/mol. The first-order valence-electron chi connectivity index (χ1n) is 5.13. The van der Waals surface area contributed by atoms with Crippen molar-refractivity contribution in [2.75, 3.05) is 12.8 Å². The van der Waals surface area contributed by atoms with Gasteiger partial charge in [0.2, 0.25) is 0 Å². The van der Waals surface area contributed by atoms with Crippen molar-refractivity contribution < 1.29 is 9.53 Å². The minimum absolute atomic E-state index is 0.126. The van der Waals surface area contributed by atoms with Crippen LogP contribution < -0.4 is 5.73 Å². The van der Waals surface area contributed by atoms with Crippen LogP contribution in [-0.2, 0) is 16.0 Å². The molecule has 0 heterocycles. The van der Waals surface area contributed by atoms with Gasteiger partial charge in [0.1, 0.15) is 5.78 Å². The van der Waals surface area contributed by atoms with Gasteiger partial charge in [0, 0.05) is 25.6 Å². The molecule has 0 radical (unpaired) electrons. The fourth-order valence-electron chi connectivity index (χ4n) is 2.04. The van der Waals surface area contributed by atoms with E-state index in [0.29, 0.717) is 12.8 Å². The van der Waals surface area contributed by atoms with E-state index >= 15 is 0 Å². The summed E-state index contributed by atoms with van der Waals surface area (Å²) < 4.78 is 5.35. The van der Waals surface area contributed by atoms with Gasteiger partial charge >= 0.3 is 0 Å². The SMILES string of the molecule is COC1CC(=O)CCc2ccc(N)cc21. The van der Waals surface area contributed by atoms with Crippen molar-refractivity contribution in [2.45, 2.75) is 25.4 Å². The number of nitrogens with two attached hydrogens (primary N) is 1. The largest absolute Gasteiger partial charge is 0.399 e. The number of Topliss-reactive ketones (excluding diaryl/α,β-unsaturated/α-hetero) is 1. The molecule has 0 saturated carbocycles. The first-order chi connectivity index (χ1) is 7.20. The van der Waals surface area contributed by atoms with Crippen molar-refractivity contribution in [1.29, 1.82) is 0 Å². The number of ether oxygens (including phenoxy) is 1. The molecule has 0 aromatic heterocycles. The van der Waals surface area contributed by atoms with Gasteiger partial charge in [0.25, 0.3) is 0 Å². The van der Waals surface area contributed by atoms with Gasteiger partial charge in [0.15, 0.2) is 0 Å². The average Bonchev–Trinajstić information content (AvgIpc) is 2.38. The van der Waals surface area contributed by atoms with E-state index < -0.39 is 0 Å². The Kier molecular flexibility index (Phi) is 2.73. The van der Waals surface area contributed by atoms with Gasteiger partial charge in [-0.1, -0.05) is 6.07 Å². The smallest absolute Gasteiger partial charge is 0.136 e. The zero-order valence-corrected chi connectivity index (χ0v) is 8.82. The number of nitrogen functional groups attached to an aromatic ring is 1. The number of fused-ring (bicyclic) bond motifs is 1. The number of hydrogen-bond donors (Lipinski definition) is 1. The van der Waals surface area contributed by atoms with Crippen LogP contribution in [0.3, 0.4) is 0 Å². The molecule has 2 N–H and O–H groups in total. The summed E-state index contributed by atoms with van der Waals surface area (Å²) in [6.07, 6.45) is 1.75. The molecule has 0 fully saturated rings. The minimum atomic E-state index is -0.126. The van der Waals surface area contributed by atoms with E-state index in [0.717, 1.165) is 17.7 Å². The summed E-state index contributed by atoms with van der Waals surface area (Å²) in [5.41, 5.74) is 8.73. The van der Waals surface area contributed by atoms with Crippen LogP contribution in [0.25, 0.3) is 0 Å². The monoisotopic (exact) mass is 205 g/mol. The van der Waals surface area contributed by atoms with Crippen LogP contribution in [0.2, 0.25) is 0 Å². The number of rotatable bonds is 1. The molecule has 3 heteroatoms. The van der Waals surface area contributed by atoms with E-state index in [1.807, 2.05) is 18.2 Å². The van der Waals surface area contributed by atoms with Crippen LogP contribution >= 0.6 is 0 Å². The molecule has 1 atom stereocenters. The lowest BCUT2D eigenvalue weighted by atomic mass is 10.0. The topological polar surface area (TPSA) is 52.3 Å². The van der Waals surface area contributed by atoms with Gasteiger partial charge in [-0.2, -0.15) is 0 Å². The highest BCUT2D eigenvalue weighted by Gasteiger charge is 2.22. The second-order valence-corrected chi connectivity index (χ2v) is 3.93. The molecule has 0 spiro atoms. The van der Waals surface area contributed by atoms with Crippen molar-refractivity contribution in [3.05, 3.63) is 29.3 Å². The second-order valence-electron chi connectivity index (χ2n) is 3.93. The van der Waals surface area contributed by atoms with E-state index in [2.05, 4.69) is 0 Å². The number of carbonyl (C=O) groups is 1. The Morgan fingerprint density at radius 3 is 2.93 bits per heavy atom. The summed E-state index contributed by atoms with van der Waals surface area (Å²) in [5.74, 6) is 0.261. The summed E-state index contributed by atoms with van der Waals surface area (Å²) >= 11 is 0. The van der Waals surface area contributed by atoms with Gasteiger partial charge in [-0.3, -0.25) is 4.79 Å². The molecule has 1 aliphatic carbocycles. The molecule has 1 aromatic rings. The molecule has 1 unspecified atom stereocenters. The second kappa shape index (κ2) is 4.03. The highest BCUT2D eigenvalue weighted by Crippen LogP contribution is 2.30. The Hall–Kier alpha value is -1.35. The van der Waals surface area contributed by atoms with Crippen molar-refractivity contribution in [1.82, 2.24) is 0 Å². The number of anilines is 1. The minimum Gasteiger partial charge on any atom is -0.399 e. The maximum atomic E-state index is 11.5. The third-order valence-electron chi connectivity index (χ3n) is 2.89.